The van der Waals surface area contributed by atoms with E-state index >= 15 is 8.78 Å². The summed E-state index contributed by atoms with van der Waals surface area (Å²) in [5.41, 5.74) is 6.51. The molecular weight excluding hydrogens is 496 g/mol. The first-order valence-electron chi connectivity index (χ1n) is 14.3. The van der Waals surface area contributed by atoms with E-state index in [0.717, 1.165) is 36.1 Å². The van der Waals surface area contributed by atoms with E-state index in [1.54, 1.807) is 0 Å². The smallest absolute Gasteiger partial charge is 0.206 e. The van der Waals surface area contributed by atoms with Crippen molar-refractivity contribution in [1.82, 2.24) is 0 Å². The Balaban J connectivity index is 1.62. The van der Waals surface area contributed by atoms with E-state index in [1.165, 1.54) is 34.0 Å². The van der Waals surface area contributed by atoms with Gasteiger partial charge in [0.25, 0.3) is 0 Å². The zero-order valence-electron chi connectivity index (χ0n) is 24.0. The van der Waals surface area contributed by atoms with Crippen molar-refractivity contribution in [3.8, 4) is 33.5 Å². The van der Waals surface area contributed by atoms with Crippen molar-refractivity contribution < 1.29 is 13.3 Å². The van der Waals surface area contributed by atoms with Crippen LogP contribution < -0.4 is 4.57 Å². The third kappa shape index (κ3) is 4.15. The van der Waals surface area contributed by atoms with E-state index in [4.69, 9.17) is 0 Å². The Morgan fingerprint density at radius 2 is 1.35 bits per heavy atom. The van der Waals surface area contributed by atoms with Gasteiger partial charge in [-0.1, -0.05) is 89.2 Å². The Hall–Kier alpha value is -3.85. The fourth-order valence-corrected chi connectivity index (χ4v) is 6.65. The number of fused-ring (bicyclic) bond motifs is 5. The van der Waals surface area contributed by atoms with Crippen molar-refractivity contribution in [2.45, 2.75) is 64.8 Å². The summed E-state index contributed by atoms with van der Waals surface area (Å²) in [5.74, 6) is -1.10. The number of pyridine rings is 1. The van der Waals surface area contributed by atoms with Crippen LogP contribution in [0, 0.1) is 11.6 Å². The normalized spacial score (nSPS) is 14.2. The number of benzene rings is 4. The summed E-state index contributed by atoms with van der Waals surface area (Å²) in [6, 6.07) is 27.2. The molecule has 0 saturated heterocycles. The van der Waals surface area contributed by atoms with Gasteiger partial charge in [-0.2, -0.15) is 4.57 Å². The van der Waals surface area contributed by atoms with Gasteiger partial charge in [0.15, 0.2) is 11.7 Å². The highest BCUT2D eigenvalue weighted by atomic mass is 19.1. The summed E-state index contributed by atoms with van der Waals surface area (Å²) >= 11 is 0. The Bertz CT molecular complexity index is 1720. The van der Waals surface area contributed by atoms with Crippen LogP contribution in [0.3, 0.4) is 0 Å². The fourth-order valence-electron chi connectivity index (χ4n) is 6.65. The monoisotopic (exact) mass is 532 g/mol. The van der Waals surface area contributed by atoms with Gasteiger partial charge in [0.2, 0.25) is 5.69 Å². The molecule has 0 spiro atoms. The minimum Gasteiger partial charge on any atom is -0.206 e. The van der Waals surface area contributed by atoms with Gasteiger partial charge in [-0.05, 0) is 56.6 Å². The zero-order chi connectivity index (χ0) is 28.2. The number of aromatic nitrogens is 1. The summed E-state index contributed by atoms with van der Waals surface area (Å²) in [4.78, 5) is 0. The molecule has 4 aromatic carbocycles. The van der Waals surface area contributed by atoms with E-state index in [9.17, 15) is 0 Å². The first-order valence-corrected chi connectivity index (χ1v) is 14.3. The standard InChI is InChI=1S/C37H36F2N/c1-6-37(7-2)23-30-27-15-11-12-16-28(27)31(36(3,4)5)22-29(30)34-21-25(17-18-40(34)37)35-32(38)19-26(20-33(35)39)24-13-9-8-10-14-24/h8-22H,6-7,23H2,1-5H3/q+1. The number of hydrogen-bond acceptors (Lipinski definition) is 0. The Kier molecular flexibility index (Phi) is 6.37. The van der Waals surface area contributed by atoms with Gasteiger partial charge < -0.3 is 0 Å². The molecule has 0 atom stereocenters. The third-order valence-electron chi connectivity index (χ3n) is 8.97. The minimum absolute atomic E-state index is 0.0191. The number of nitrogens with zero attached hydrogens (tertiary/aromatic N) is 1. The van der Waals surface area contributed by atoms with Gasteiger partial charge in [0.1, 0.15) is 11.6 Å². The quantitative estimate of drug-likeness (QED) is 0.203. The van der Waals surface area contributed by atoms with E-state index in [2.05, 4.69) is 75.7 Å². The third-order valence-corrected chi connectivity index (χ3v) is 8.97. The van der Waals surface area contributed by atoms with Crippen molar-refractivity contribution >= 4 is 10.8 Å². The molecule has 1 aromatic heterocycles. The predicted molar refractivity (Wildman–Crippen MR) is 161 cm³/mol. The van der Waals surface area contributed by atoms with Crippen LogP contribution in [0.4, 0.5) is 8.78 Å². The molecule has 0 bridgehead atoms. The van der Waals surface area contributed by atoms with Crippen LogP contribution in [0.15, 0.2) is 91.1 Å². The molecule has 1 nitrogen and oxygen atoms in total. The molecular formula is C37H36F2N+. The molecule has 0 aliphatic carbocycles. The zero-order valence-corrected chi connectivity index (χ0v) is 24.0. The molecule has 40 heavy (non-hydrogen) atoms. The molecule has 2 heterocycles. The van der Waals surface area contributed by atoms with Crippen molar-refractivity contribution in [3.05, 3.63) is 114 Å². The second kappa shape index (κ2) is 9.66. The maximum absolute atomic E-state index is 15.7. The summed E-state index contributed by atoms with van der Waals surface area (Å²) < 4.78 is 33.7. The minimum atomic E-state index is -0.550. The van der Waals surface area contributed by atoms with Crippen LogP contribution >= 0.6 is 0 Å². The van der Waals surface area contributed by atoms with Crippen LogP contribution in [0.25, 0.3) is 44.3 Å². The highest BCUT2D eigenvalue weighted by Gasteiger charge is 2.45. The lowest BCUT2D eigenvalue weighted by Gasteiger charge is -2.35. The molecule has 5 aromatic rings. The van der Waals surface area contributed by atoms with Crippen LogP contribution in [0.5, 0.6) is 0 Å². The van der Waals surface area contributed by atoms with Gasteiger partial charge in [0, 0.05) is 37.0 Å². The van der Waals surface area contributed by atoms with E-state index < -0.39 is 11.6 Å². The van der Waals surface area contributed by atoms with Gasteiger partial charge in [0.05, 0.1) is 11.1 Å². The molecule has 0 saturated carbocycles. The number of halogens is 2. The summed E-state index contributed by atoms with van der Waals surface area (Å²) in [7, 11) is 0. The largest absolute Gasteiger partial charge is 0.213 e. The highest BCUT2D eigenvalue weighted by Crippen LogP contribution is 2.44. The topological polar surface area (TPSA) is 3.88 Å². The fraction of sp³-hybridized carbons (Fsp3) is 0.270. The van der Waals surface area contributed by atoms with Crippen LogP contribution in [-0.2, 0) is 17.4 Å². The number of hydrogen-bond donors (Lipinski definition) is 0. The van der Waals surface area contributed by atoms with Gasteiger partial charge >= 0.3 is 0 Å². The molecule has 0 fully saturated rings. The summed E-state index contributed by atoms with van der Waals surface area (Å²) in [6.45, 7) is 11.2. The molecule has 0 radical (unpaired) electrons. The highest BCUT2D eigenvalue weighted by molar-refractivity contribution is 5.95. The molecule has 1 aliphatic heterocycles. The Morgan fingerprint density at radius 3 is 1.98 bits per heavy atom. The molecule has 0 amide bonds. The van der Waals surface area contributed by atoms with Gasteiger partial charge in [-0.25, -0.2) is 8.78 Å². The lowest BCUT2D eigenvalue weighted by Crippen LogP contribution is -2.60. The second-order valence-electron chi connectivity index (χ2n) is 12.2. The van der Waals surface area contributed by atoms with E-state index in [1.807, 2.05) is 42.5 Å². The number of rotatable bonds is 4. The predicted octanol–water partition coefficient (Wildman–Crippen LogP) is 9.78. The van der Waals surface area contributed by atoms with Gasteiger partial charge in [-0.3, -0.25) is 0 Å². The molecule has 1 aliphatic rings. The van der Waals surface area contributed by atoms with Crippen molar-refractivity contribution in [3.63, 3.8) is 0 Å². The average Bonchev–Trinajstić information content (AvgIpc) is 2.95. The first-order chi connectivity index (χ1) is 19.2. The maximum Gasteiger partial charge on any atom is 0.213 e. The maximum atomic E-state index is 15.7. The summed E-state index contributed by atoms with van der Waals surface area (Å²) in [5, 5.41) is 2.56. The van der Waals surface area contributed by atoms with Crippen molar-refractivity contribution in [2.75, 3.05) is 0 Å². The lowest BCUT2D eigenvalue weighted by atomic mass is 9.74. The average molecular weight is 533 g/mol. The van der Waals surface area contributed by atoms with E-state index in [0.29, 0.717) is 11.1 Å². The molecule has 3 heteroatoms. The van der Waals surface area contributed by atoms with Gasteiger partial charge in [-0.15, -0.1) is 0 Å². The van der Waals surface area contributed by atoms with Crippen molar-refractivity contribution in [1.29, 1.82) is 0 Å². The second-order valence-corrected chi connectivity index (χ2v) is 12.2. The molecule has 0 N–H and O–H groups in total. The molecule has 0 unspecified atom stereocenters. The Morgan fingerprint density at radius 1 is 0.725 bits per heavy atom. The molecule has 6 rings (SSSR count). The lowest BCUT2D eigenvalue weighted by molar-refractivity contribution is -0.758. The SMILES string of the molecule is CCC1(CC)Cc2c(cc(C(C)(C)C)c3ccccc23)-c2cc(-c3c(F)cc(-c4ccccc4)cc3F)cc[n+]21. The van der Waals surface area contributed by atoms with Crippen LogP contribution in [0.2, 0.25) is 0 Å². The van der Waals surface area contributed by atoms with Crippen molar-refractivity contribution in [2.24, 2.45) is 0 Å². The Labute approximate surface area is 236 Å². The van der Waals surface area contributed by atoms with Crippen LogP contribution in [0.1, 0.15) is 58.6 Å². The summed E-state index contributed by atoms with van der Waals surface area (Å²) in [6.07, 6.45) is 4.90. The molecule has 202 valence electrons. The van der Waals surface area contributed by atoms with E-state index in [-0.39, 0.29) is 16.5 Å². The van der Waals surface area contributed by atoms with Crippen LogP contribution in [-0.4, -0.2) is 0 Å². The first kappa shape index (κ1) is 26.4.